The van der Waals surface area contributed by atoms with Crippen molar-refractivity contribution in [1.29, 1.82) is 0 Å². The highest BCUT2D eigenvalue weighted by Gasteiger charge is 2.49. The van der Waals surface area contributed by atoms with E-state index in [4.69, 9.17) is 14.2 Å². The molecule has 0 bridgehead atoms. The number of hydrogen-bond donors (Lipinski definition) is 0. The van der Waals surface area contributed by atoms with E-state index in [0.29, 0.717) is 0 Å². The van der Waals surface area contributed by atoms with Gasteiger partial charge < -0.3 is 14.2 Å². The van der Waals surface area contributed by atoms with Gasteiger partial charge in [-0.1, -0.05) is 60.7 Å². The summed E-state index contributed by atoms with van der Waals surface area (Å²) in [7, 11) is 1.68. The van der Waals surface area contributed by atoms with E-state index >= 15 is 0 Å². The largest absolute Gasteiger partial charge is 0.482 e. The number of methoxy groups -OCH3 is 1. The second-order valence-corrected chi connectivity index (χ2v) is 6.02. The lowest BCUT2D eigenvalue weighted by atomic mass is 9.82. The zero-order valence-electron chi connectivity index (χ0n) is 13.1. The van der Waals surface area contributed by atoms with Gasteiger partial charge in [0.15, 0.2) is 11.9 Å². The molecule has 4 rings (SSSR count). The maximum Gasteiger partial charge on any atom is 0.184 e. The lowest BCUT2D eigenvalue weighted by Gasteiger charge is -2.34. The van der Waals surface area contributed by atoms with Gasteiger partial charge in [0, 0.05) is 31.1 Å². The van der Waals surface area contributed by atoms with Crippen molar-refractivity contribution < 1.29 is 14.2 Å². The second kappa shape index (κ2) is 5.84. The molecule has 0 saturated carbocycles. The van der Waals surface area contributed by atoms with E-state index in [9.17, 15) is 0 Å². The number of allylic oxidation sites excluding steroid dienone is 2. The monoisotopic (exact) mass is 308 g/mol. The first-order valence-electron chi connectivity index (χ1n) is 7.99. The summed E-state index contributed by atoms with van der Waals surface area (Å²) in [4.78, 5) is 0. The normalized spacial score (nSPS) is 22.4. The summed E-state index contributed by atoms with van der Waals surface area (Å²) in [6.45, 7) is 0. The predicted octanol–water partition coefficient (Wildman–Crippen LogP) is 4.00. The van der Waals surface area contributed by atoms with Crippen molar-refractivity contribution in [2.24, 2.45) is 0 Å². The molecular formula is C20H20O3. The third-order valence-electron chi connectivity index (χ3n) is 4.41. The minimum absolute atomic E-state index is 0.0553. The lowest BCUT2D eigenvalue weighted by Crippen LogP contribution is -2.32. The number of benzene rings is 2. The van der Waals surface area contributed by atoms with Crippen molar-refractivity contribution in [2.45, 2.75) is 30.8 Å². The van der Waals surface area contributed by atoms with Crippen LogP contribution in [0.2, 0.25) is 0 Å². The number of rotatable bonds is 7. The van der Waals surface area contributed by atoms with E-state index in [0.717, 1.165) is 29.7 Å². The fourth-order valence-electron chi connectivity index (χ4n) is 3.09. The van der Waals surface area contributed by atoms with Gasteiger partial charge in [0.25, 0.3) is 0 Å². The van der Waals surface area contributed by atoms with E-state index in [-0.39, 0.29) is 12.4 Å². The van der Waals surface area contributed by atoms with E-state index in [1.807, 2.05) is 12.1 Å². The maximum absolute atomic E-state index is 6.49. The fourth-order valence-corrected chi connectivity index (χ4v) is 3.09. The van der Waals surface area contributed by atoms with Gasteiger partial charge in [0.1, 0.15) is 6.10 Å². The van der Waals surface area contributed by atoms with Crippen LogP contribution in [0.1, 0.15) is 24.0 Å². The molecule has 2 atom stereocenters. The Bertz CT molecular complexity index is 654. The van der Waals surface area contributed by atoms with Crippen LogP contribution in [-0.2, 0) is 19.8 Å². The third-order valence-corrected chi connectivity index (χ3v) is 4.41. The molecule has 3 nitrogen and oxygen atoms in total. The first-order chi connectivity index (χ1) is 11.3. The molecule has 1 aliphatic heterocycles. The van der Waals surface area contributed by atoms with Gasteiger partial charge in [-0.05, 0) is 6.08 Å². The Balaban J connectivity index is 1.77. The summed E-state index contributed by atoms with van der Waals surface area (Å²) in [5.74, 6) is 1.05. The van der Waals surface area contributed by atoms with Gasteiger partial charge in [0.05, 0.1) is 5.76 Å². The second-order valence-electron chi connectivity index (χ2n) is 6.02. The molecule has 1 saturated heterocycles. The summed E-state index contributed by atoms with van der Waals surface area (Å²) in [5, 5.41) is 0. The Morgan fingerprint density at radius 3 is 2.00 bits per heavy atom. The smallest absolute Gasteiger partial charge is 0.184 e. The fraction of sp³-hybridized carbons (Fsp3) is 0.300. The Morgan fingerprint density at radius 1 is 1.00 bits per heavy atom. The molecule has 118 valence electrons. The van der Waals surface area contributed by atoms with Crippen LogP contribution in [0.4, 0.5) is 0 Å². The third kappa shape index (κ3) is 2.90. The molecule has 2 aliphatic rings. The highest BCUT2D eigenvalue weighted by molar-refractivity contribution is 5.38. The van der Waals surface area contributed by atoms with Gasteiger partial charge in [-0.25, -0.2) is 0 Å². The summed E-state index contributed by atoms with van der Waals surface area (Å²) < 4.78 is 17.5. The van der Waals surface area contributed by atoms with Crippen LogP contribution in [-0.4, -0.2) is 19.5 Å². The van der Waals surface area contributed by atoms with E-state index in [1.165, 1.54) is 0 Å². The van der Waals surface area contributed by atoms with Crippen molar-refractivity contribution in [3.8, 4) is 0 Å². The topological polar surface area (TPSA) is 31.0 Å². The number of hydrogen-bond acceptors (Lipinski definition) is 3. The first kappa shape index (κ1) is 14.5. The van der Waals surface area contributed by atoms with Crippen molar-refractivity contribution in [2.75, 3.05) is 7.11 Å². The predicted molar refractivity (Wildman–Crippen MR) is 87.7 cm³/mol. The molecule has 2 aromatic carbocycles. The molecule has 1 aliphatic carbocycles. The van der Waals surface area contributed by atoms with Crippen LogP contribution in [0, 0.1) is 0 Å². The number of ether oxygens (including phenoxy) is 3. The van der Waals surface area contributed by atoms with Crippen LogP contribution < -0.4 is 0 Å². The molecule has 23 heavy (non-hydrogen) atoms. The van der Waals surface area contributed by atoms with Gasteiger partial charge in [0.2, 0.25) is 0 Å². The van der Waals surface area contributed by atoms with Crippen LogP contribution in [0.3, 0.4) is 0 Å². The summed E-state index contributed by atoms with van der Waals surface area (Å²) >= 11 is 0. The zero-order chi connectivity index (χ0) is 15.7. The Hall–Kier alpha value is -2.10. The SMILES string of the molecule is COC1OC1CC(OC1=CC1)(c1ccccc1)c1ccccc1. The highest BCUT2D eigenvalue weighted by Crippen LogP contribution is 2.46. The highest BCUT2D eigenvalue weighted by atomic mass is 16.8. The average Bonchev–Trinajstić information content (AvgIpc) is 3.53. The first-order valence-corrected chi connectivity index (χ1v) is 7.99. The van der Waals surface area contributed by atoms with Gasteiger partial charge in [-0.2, -0.15) is 0 Å². The van der Waals surface area contributed by atoms with Gasteiger partial charge in [-0.3, -0.25) is 0 Å². The molecular weight excluding hydrogens is 288 g/mol. The van der Waals surface area contributed by atoms with Crippen LogP contribution >= 0.6 is 0 Å². The van der Waals surface area contributed by atoms with Gasteiger partial charge >= 0.3 is 0 Å². The Labute approximate surface area is 136 Å². The molecule has 0 spiro atoms. The molecule has 0 aromatic heterocycles. The Kier molecular flexibility index (Phi) is 3.68. The lowest BCUT2D eigenvalue weighted by molar-refractivity contribution is 0.0280. The molecule has 3 heteroatoms. The summed E-state index contributed by atoms with van der Waals surface area (Å²) in [6, 6.07) is 20.8. The molecule has 1 fully saturated rings. The molecule has 1 heterocycles. The van der Waals surface area contributed by atoms with Crippen LogP contribution in [0.15, 0.2) is 72.5 Å². The summed E-state index contributed by atoms with van der Waals surface area (Å²) in [6.07, 6.45) is 3.71. The summed E-state index contributed by atoms with van der Waals surface area (Å²) in [5.41, 5.74) is 1.75. The van der Waals surface area contributed by atoms with Crippen molar-refractivity contribution >= 4 is 0 Å². The Morgan fingerprint density at radius 2 is 1.57 bits per heavy atom. The van der Waals surface area contributed by atoms with Crippen molar-refractivity contribution in [3.63, 3.8) is 0 Å². The van der Waals surface area contributed by atoms with E-state index < -0.39 is 5.60 Å². The molecule has 2 unspecified atom stereocenters. The van der Waals surface area contributed by atoms with Crippen molar-refractivity contribution in [1.82, 2.24) is 0 Å². The molecule has 0 radical (unpaired) electrons. The van der Waals surface area contributed by atoms with Crippen LogP contribution in [0.25, 0.3) is 0 Å². The molecule has 2 aromatic rings. The molecule has 0 N–H and O–H groups in total. The van der Waals surface area contributed by atoms with Crippen molar-refractivity contribution in [3.05, 3.63) is 83.6 Å². The maximum atomic E-state index is 6.49. The molecule has 0 amide bonds. The van der Waals surface area contributed by atoms with Crippen LogP contribution in [0.5, 0.6) is 0 Å². The average molecular weight is 308 g/mol. The standard InChI is InChI=1S/C20H20O3/c1-21-19-18(22-19)14-20(23-17-12-13-17,15-8-4-2-5-9-15)16-10-6-3-7-11-16/h2-12,18-19H,13-14H2,1H3. The van der Waals surface area contributed by atoms with E-state index in [1.54, 1.807) is 7.11 Å². The minimum atomic E-state index is -0.539. The van der Waals surface area contributed by atoms with E-state index in [2.05, 4.69) is 54.6 Å². The van der Waals surface area contributed by atoms with Gasteiger partial charge in [-0.15, -0.1) is 0 Å². The number of epoxide rings is 1. The quantitative estimate of drug-likeness (QED) is 0.725. The minimum Gasteiger partial charge on any atom is -0.482 e. The zero-order valence-corrected chi connectivity index (χ0v) is 13.1.